The van der Waals surface area contributed by atoms with Crippen molar-refractivity contribution in [3.8, 4) is 11.3 Å². The number of carbonyl (C=O) groups excluding carboxylic acids is 1. The molecule has 1 aromatic heterocycles. The fourth-order valence-electron chi connectivity index (χ4n) is 3.84. The second-order valence-electron chi connectivity index (χ2n) is 7.76. The lowest BCUT2D eigenvalue weighted by molar-refractivity contribution is -0.0905. The van der Waals surface area contributed by atoms with Gasteiger partial charge in [-0.2, -0.15) is 0 Å². The number of carbonyl (C=O) groups is 1. The SMILES string of the molecule is O=C(Nc1ccccc1)N[C@@H]1CC[C@@H](CCn2cc(-c3ccccc3F)nn2)O[C@@H]1CO. The Morgan fingerprint density at radius 2 is 1.94 bits per heavy atom. The number of amides is 2. The minimum absolute atomic E-state index is 0.0801. The van der Waals surface area contributed by atoms with Crippen LogP contribution in [0, 0.1) is 5.82 Å². The number of aromatic nitrogens is 3. The van der Waals surface area contributed by atoms with Gasteiger partial charge in [-0.1, -0.05) is 35.5 Å². The number of nitrogens with one attached hydrogen (secondary N) is 2. The van der Waals surface area contributed by atoms with Gasteiger partial charge >= 0.3 is 6.03 Å². The molecule has 4 rings (SSSR count). The lowest BCUT2D eigenvalue weighted by Gasteiger charge is -2.36. The molecule has 32 heavy (non-hydrogen) atoms. The number of hydrogen-bond donors (Lipinski definition) is 3. The maximum atomic E-state index is 13.9. The Morgan fingerprint density at radius 3 is 2.72 bits per heavy atom. The van der Waals surface area contributed by atoms with Gasteiger partial charge in [-0.25, -0.2) is 9.18 Å². The van der Waals surface area contributed by atoms with Crippen molar-refractivity contribution in [2.75, 3.05) is 11.9 Å². The van der Waals surface area contributed by atoms with Crippen molar-refractivity contribution in [3.05, 3.63) is 66.6 Å². The second-order valence-corrected chi connectivity index (χ2v) is 7.76. The van der Waals surface area contributed by atoms with E-state index < -0.39 is 6.10 Å². The Balaban J connectivity index is 1.27. The highest BCUT2D eigenvalue weighted by atomic mass is 19.1. The first-order valence-corrected chi connectivity index (χ1v) is 10.7. The predicted octanol–water partition coefficient (Wildman–Crippen LogP) is 3.20. The van der Waals surface area contributed by atoms with Crippen LogP contribution in [-0.2, 0) is 11.3 Å². The van der Waals surface area contributed by atoms with Crippen LogP contribution in [0.4, 0.5) is 14.9 Å². The minimum Gasteiger partial charge on any atom is -0.394 e. The Bertz CT molecular complexity index is 1030. The molecule has 1 saturated heterocycles. The van der Waals surface area contributed by atoms with E-state index in [1.807, 2.05) is 18.2 Å². The number of hydrogen-bond acceptors (Lipinski definition) is 5. The summed E-state index contributed by atoms with van der Waals surface area (Å²) in [6.07, 6.45) is 3.24. The van der Waals surface area contributed by atoms with E-state index in [9.17, 15) is 14.3 Å². The van der Waals surface area contributed by atoms with E-state index in [-0.39, 0.29) is 30.6 Å². The van der Waals surface area contributed by atoms with Crippen molar-refractivity contribution in [1.82, 2.24) is 20.3 Å². The van der Waals surface area contributed by atoms with E-state index in [0.29, 0.717) is 36.3 Å². The molecule has 1 aliphatic heterocycles. The molecule has 8 nitrogen and oxygen atoms in total. The number of aliphatic hydroxyl groups is 1. The van der Waals surface area contributed by atoms with Crippen LogP contribution in [0.1, 0.15) is 19.3 Å². The summed E-state index contributed by atoms with van der Waals surface area (Å²) in [6, 6.07) is 15.0. The maximum absolute atomic E-state index is 13.9. The molecule has 0 saturated carbocycles. The highest BCUT2D eigenvalue weighted by Crippen LogP contribution is 2.23. The quantitative estimate of drug-likeness (QED) is 0.525. The molecule has 3 N–H and O–H groups in total. The number of anilines is 1. The second kappa shape index (κ2) is 10.3. The molecule has 0 aliphatic carbocycles. The highest BCUT2D eigenvalue weighted by molar-refractivity contribution is 5.89. The van der Waals surface area contributed by atoms with Gasteiger partial charge in [-0.05, 0) is 43.5 Å². The van der Waals surface area contributed by atoms with Gasteiger partial charge in [0.15, 0.2) is 0 Å². The largest absolute Gasteiger partial charge is 0.394 e. The van der Waals surface area contributed by atoms with E-state index in [0.717, 1.165) is 6.42 Å². The molecule has 3 atom stereocenters. The van der Waals surface area contributed by atoms with Crippen LogP contribution in [0.2, 0.25) is 0 Å². The van der Waals surface area contributed by atoms with Gasteiger partial charge in [0, 0.05) is 17.8 Å². The average molecular weight is 439 g/mol. The third kappa shape index (κ3) is 5.49. The van der Waals surface area contributed by atoms with Crippen LogP contribution >= 0.6 is 0 Å². The summed E-state index contributed by atoms with van der Waals surface area (Å²) >= 11 is 0. The van der Waals surface area contributed by atoms with E-state index in [2.05, 4.69) is 20.9 Å². The summed E-state index contributed by atoms with van der Waals surface area (Å²) in [5, 5.41) is 23.6. The number of para-hydroxylation sites is 1. The van der Waals surface area contributed by atoms with Crippen molar-refractivity contribution in [3.63, 3.8) is 0 Å². The molecule has 0 spiro atoms. The number of nitrogens with zero attached hydrogens (tertiary/aromatic N) is 3. The average Bonchev–Trinajstić information content (AvgIpc) is 3.28. The van der Waals surface area contributed by atoms with Gasteiger partial charge in [0.05, 0.1) is 24.9 Å². The Labute approximate surface area is 185 Å². The van der Waals surface area contributed by atoms with Crippen LogP contribution in [0.25, 0.3) is 11.3 Å². The van der Waals surface area contributed by atoms with Gasteiger partial charge in [0.1, 0.15) is 17.6 Å². The normalized spacial score (nSPS) is 20.6. The minimum atomic E-state index is -0.486. The van der Waals surface area contributed by atoms with E-state index in [4.69, 9.17) is 4.74 Å². The molecule has 1 aliphatic rings. The van der Waals surface area contributed by atoms with Gasteiger partial charge in [0.2, 0.25) is 0 Å². The Morgan fingerprint density at radius 1 is 1.16 bits per heavy atom. The molecule has 168 valence electrons. The zero-order valence-electron chi connectivity index (χ0n) is 17.5. The van der Waals surface area contributed by atoms with Gasteiger partial charge < -0.3 is 20.5 Å². The van der Waals surface area contributed by atoms with Gasteiger partial charge in [-0.15, -0.1) is 5.10 Å². The number of halogens is 1. The topological polar surface area (TPSA) is 101 Å². The van der Waals surface area contributed by atoms with Crippen LogP contribution in [0.5, 0.6) is 0 Å². The molecule has 0 bridgehead atoms. The van der Waals surface area contributed by atoms with Crippen LogP contribution in [0.3, 0.4) is 0 Å². The number of benzene rings is 2. The van der Waals surface area contributed by atoms with Gasteiger partial charge in [0.25, 0.3) is 0 Å². The molecule has 1 fully saturated rings. The molecule has 9 heteroatoms. The number of ether oxygens (including phenoxy) is 1. The van der Waals surface area contributed by atoms with Gasteiger partial charge in [-0.3, -0.25) is 4.68 Å². The highest BCUT2D eigenvalue weighted by Gasteiger charge is 2.31. The van der Waals surface area contributed by atoms with Crippen molar-refractivity contribution in [1.29, 1.82) is 0 Å². The zero-order valence-corrected chi connectivity index (χ0v) is 17.5. The molecule has 0 unspecified atom stereocenters. The Kier molecular flexibility index (Phi) is 7.08. The molecule has 2 amide bonds. The monoisotopic (exact) mass is 439 g/mol. The third-order valence-electron chi connectivity index (χ3n) is 5.51. The van der Waals surface area contributed by atoms with Crippen LogP contribution in [-0.4, -0.2) is 51.0 Å². The smallest absolute Gasteiger partial charge is 0.319 e. The lowest BCUT2D eigenvalue weighted by Crippen LogP contribution is -2.52. The fraction of sp³-hybridized carbons (Fsp3) is 0.348. The molecule has 0 radical (unpaired) electrons. The standard InChI is InChI=1S/C23H26FN5O3/c24-19-9-5-4-8-18(19)21-14-29(28-27-21)13-12-17-10-11-20(22(15-30)32-17)26-23(31)25-16-6-2-1-3-7-16/h1-9,14,17,20,22,30H,10-13,15H2,(H2,25,26,31)/t17-,20+,22+/m0/s1. The summed E-state index contributed by atoms with van der Waals surface area (Å²) < 4.78 is 21.6. The van der Waals surface area contributed by atoms with Crippen molar-refractivity contribution >= 4 is 11.7 Å². The summed E-state index contributed by atoms with van der Waals surface area (Å²) in [6.45, 7) is 0.365. The molecular weight excluding hydrogens is 413 g/mol. The van der Waals surface area contributed by atoms with Crippen molar-refractivity contribution in [2.24, 2.45) is 0 Å². The lowest BCUT2D eigenvalue weighted by atomic mass is 9.97. The first-order valence-electron chi connectivity index (χ1n) is 10.7. The maximum Gasteiger partial charge on any atom is 0.319 e. The number of urea groups is 1. The van der Waals surface area contributed by atoms with Crippen LogP contribution < -0.4 is 10.6 Å². The van der Waals surface area contributed by atoms with Crippen LogP contribution in [0.15, 0.2) is 60.8 Å². The molecule has 3 aromatic rings. The fourth-order valence-corrected chi connectivity index (χ4v) is 3.84. The predicted molar refractivity (Wildman–Crippen MR) is 117 cm³/mol. The Hall–Kier alpha value is -3.30. The molecular formula is C23H26FN5O3. The number of aliphatic hydroxyl groups excluding tert-OH is 1. The summed E-state index contributed by atoms with van der Waals surface area (Å²) in [5.74, 6) is -0.337. The molecule has 2 heterocycles. The third-order valence-corrected chi connectivity index (χ3v) is 5.51. The van der Waals surface area contributed by atoms with Crippen molar-refractivity contribution in [2.45, 2.75) is 44.1 Å². The van der Waals surface area contributed by atoms with E-state index >= 15 is 0 Å². The summed E-state index contributed by atoms with van der Waals surface area (Å²) in [4.78, 5) is 12.3. The summed E-state index contributed by atoms with van der Waals surface area (Å²) in [5.41, 5.74) is 1.59. The molecule has 2 aromatic carbocycles. The van der Waals surface area contributed by atoms with Crippen molar-refractivity contribution < 1.29 is 19.0 Å². The summed E-state index contributed by atoms with van der Waals surface area (Å²) in [7, 11) is 0. The zero-order chi connectivity index (χ0) is 22.3. The number of rotatable bonds is 7. The van der Waals surface area contributed by atoms with E-state index in [1.54, 1.807) is 41.2 Å². The first kappa shape index (κ1) is 21.9. The first-order chi connectivity index (χ1) is 15.6. The number of aryl methyl sites for hydroxylation is 1. The van der Waals surface area contributed by atoms with E-state index in [1.165, 1.54) is 6.07 Å².